The number of nitrogens with one attached hydrogen (secondary N) is 1. The summed E-state index contributed by atoms with van der Waals surface area (Å²) in [7, 11) is 0. The fraction of sp³-hybridized carbons (Fsp3) is 0. The maximum absolute atomic E-state index is 5.46. The molecule has 0 amide bonds. The standard InChI is InChI=1S/C5H6N6/c6-3-1-2-4(8-3)5(7)10-11-9-2/h1H,7H2,(H2,6,8)(H,9,10). The van der Waals surface area contributed by atoms with Crippen molar-refractivity contribution in [1.82, 2.24) is 20.4 Å². The number of nitrogen functional groups attached to an aromatic ring is 2. The molecule has 5 N–H and O–H groups in total. The van der Waals surface area contributed by atoms with E-state index in [0.717, 1.165) is 0 Å². The summed E-state index contributed by atoms with van der Waals surface area (Å²) >= 11 is 0. The maximum atomic E-state index is 5.46. The number of aromatic nitrogens is 4. The fourth-order valence-corrected chi connectivity index (χ4v) is 0.898. The molecular formula is C5H6N6. The van der Waals surface area contributed by atoms with Gasteiger partial charge >= 0.3 is 0 Å². The van der Waals surface area contributed by atoms with Crippen LogP contribution in [0.2, 0.25) is 0 Å². The van der Waals surface area contributed by atoms with Gasteiger partial charge in [-0.05, 0) is 0 Å². The van der Waals surface area contributed by atoms with Crippen LogP contribution in [0.5, 0.6) is 0 Å². The van der Waals surface area contributed by atoms with Crippen LogP contribution < -0.4 is 11.5 Å². The van der Waals surface area contributed by atoms with Gasteiger partial charge in [0.1, 0.15) is 11.5 Å². The van der Waals surface area contributed by atoms with E-state index in [1.807, 2.05) is 0 Å². The average molecular weight is 150 g/mol. The smallest absolute Gasteiger partial charge is 0.176 e. The molecule has 56 valence electrons. The van der Waals surface area contributed by atoms with Gasteiger partial charge in [0, 0.05) is 6.07 Å². The largest absolute Gasteiger partial charge is 0.384 e. The molecule has 2 aliphatic heterocycles. The zero-order valence-electron chi connectivity index (χ0n) is 5.57. The van der Waals surface area contributed by atoms with Crippen LogP contribution in [0.25, 0.3) is 11.4 Å². The van der Waals surface area contributed by atoms with E-state index in [-0.39, 0.29) is 5.82 Å². The quantitative estimate of drug-likeness (QED) is 0.468. The van der Waals surface area contributed by atoms with Crippen molar-refractivity contribution < 1.29 is 0 Å². The minimum Gasteiger partial charge on any atom is -0.384 e. The van der Waals surface area contributed by atoms with Gasteiger partial charge in [-0.2, -0.15) is 0 Å². The highest BCUT2D eigenvalue weighted by molar-refractivity contribution is 5.71. The maximum Gasteiger partial charge on any atom is 0.176 e. The number of hydrogen-bond donors (Lipinski definition) is 3. The van der Waals surface area contributed by atoms with Crippen molar-refractivity contribution in [3.63, 3.8) is 0 Å². The van der Waals surface area contributed by atoms with Crippen LogP contribution in [0.3, 0.4) is 0 Å². The van der Waals surface area contributed by atoms with Crippen LogP contribution in [-0.2, 0) is 0 Å². The molecule has 0 aromatic carbocycles. The Hall–Kier alpha value is -1.85. The molecule has 0 aliphatic carbocycles. The van der Waals surface area contributed by atoms with E-state index in [2.05, 4.69) is 20.4 Å². The lowest BCUT2D eigenvalue weighted by Gasteiger charge is -1.95. The molecule has 0 fully saturated rings. The summed E-state index contributed by atoms with van der Waals surface area (Å²) in [5.41, 5.74) is 12.1. The van der Waals surface area contributed by atoms with Crippen molar-refractivity contribution in [3.8, 4) is 11.4 Å². The highest BCUT2D eigenvalue weighted by atomic mass is 15.3. The van der Waals surface area contributed by atoms with Gasteiger partial charge in [-0.15, -0.1) is 5.10 Å². The molecule has 0 saturated heterocycles. The molecule has 2 heterocycles. The first-order chi connectivity index (χ1) is 5.27. The van der Waals surface area contributed by atoms with E-state index >= 15 is 0 Å². The first-order valence-corrected chi connectivity index (χ1v) is 3.00. The monoisotopic (exact) mass is 150 g/mol. The Bertz CT molecular complexity index is 352. The third-order valence-corrected chi connectivity index (χ3v) is 1.36. The summed E-state index contributed by atoms with van der Waals surface area (Å²) in [6.45, 7) is 0. The molecule has 11 heavy (non-hydrogen) atoms. The van der Waals surface area contributed by atoms with Crippen molar-refractivity contribution >= 4 is 11.6 Å². The molecule has 0 radical (unpaired) electrons. The molecule has 0 spiro atoms. The van der Waals surface area contributed by atoms with Gasteiger partial charge in [-0.25, -0.2) is 4.98 Å². The molecule has 0 aromatic heterocycles. The van der Waals surface area contributed by atoms with Crippen molar-refractivity contribution in [2.75, 3.05) is 11.5 Å². The van der Waals surface area contributed by atoms with Gasteiger partial charge in [0.2, 0.25) is 0 Å². The Morgan fingerprint density at radius 2 is 2.18 bits per heavy atom. The van der Waals surface area contributed by atoms with Gasteiger partial charge < -0.3 is 11.5 Å². The molecule has 0 bridgehead atoms. The van der Waals surface area contributed by atoms with E-state index in [4.69, 9.17) is 11.5 Å². The van der Waals surface area contributed by atoms with Gasteiger partial charge in [0.05, 0.1) is 5.69 Å². The van der Waals surface area contributed by atoms with E-state index < -0.39 is 0 Å². The highest BCUT2D eigenvalue weighted by Gasteiger charge is 2.11. The fourth-order valence-electron chi connectivity index (χ4n) is 0.898. The Kier molecular flexibility index (Phi) is 0.974. The molecular weight excluding hydrogens is 144 g/mol. The predicted octanol–water partition coefficient (Wildman–Crippen LogP) is -0.531. The third-order valence-electron chi connectivity index (χ3n) is 1.36. The van der Waals surface area contributed by atoms with Gasteiger partial charge in [0.15, 0.2) is 5.82 Å². The summed E-state index contributed by atoms with van der Waals surface area (Å²) in [5, 5.41) is 9.73. The summed E-state index contributed by atoms with van der Waals surface area (Å²) < 4.78 is 0. The van der Waals surface area contributed by atoms with E-state index in [0.29, 0.717) is 17.2 Å². The van der Waals surface area contributed by atoms with Crippen LogP contribution in [0, 0.1) is 0 Å². The molecule has 6 nitrogen and oxygen atoms in total. The predicted molar refractivity (Wildman–Crippen MR) is 39.6 cm³/mol. The number of H-pyrrole nitrogens is 1. The lowest BCUT2D eigenvalue weighted by atomic mass is 10.3. The molecule has 0 atom stereocenters. The van der Waals surface area contributed by atoms with Crippen molar-refractivity contribution in [2.24, 2.45) is 0 Å². The Morgan fingerprint density at radius 3 is 2.91 bits per heavy atom. The van der Waals surface area contributed by atoms with Gasteiger partial charge in [-0.3, -0.25) is 5.10 Å². The summed E-state index contributed by atoms with van der Waals surface area (Å²) in [5.74, 6) is 0.702. The lowest BCUT2D eigenvalue weighted by molar-refractivity contribution is 0.876. The number of aromatic amines is 1. The van der Waals surface area contributed by atoms with E-state index in [9.17, 15) is 0 Å². The first-order valence-electron chi connectivity index (χ1n) is 3.00. The highest BCUT2D eigenvalue weighted by Crippen LogP contribution is 2.23. The van der Waals surface area contributed by atoms with E-state index in [1.54, 1.807) is 6.07 Å². The average Bonchev–Trinajstić information content (AvgIpc) is 2.31. The summed E-state index contributed by atoms with van der Waals surface area (Å²) in [6.07, 6.45) is 0. The zero-order valence-corrected chi connectivity index (χ0v) is 5.57. The third kappa shape index (κ3) is 0.759. The number of fused-ring (bicyclic) bond motifs is 1. The SMILES string of the molecule is Nc1cc2[nH]nnc(N)c-2n1. The van der Waals surface area contributed by atoms with Crippen molar-refractivity contribution in [3.05, 3.63) is 6.07 Å². The second kappa shape index (κ2) is 1.82. The molecule has 2 rings (SSSR count). The van der Waals surface area contributed by atoms with Gasteiger partial charge in [0.25, 0.3) is 0 Å². The Morgan fingerprint density at radius 1 is 1.36 bits per heavy atom. The minimum absolute atomic E-state index is 0.287. The molecule has 0 aromatic rings. The molecule has 0 saturated carbocycles. The first kappa shape index (κ1) is 5.90. The Balaban J connectivity index is 2.78. The summed E-state index contributed by atoms with van der Waals surface area (Å²) in [6, 6.07) is 1.65. The number of hydrogen-bond acceptors (Lipinski definition) is 5. The van der Waals surface area contributed by atoms with Gasteiger partial charge in [-0.1, -0.05) is 5.21 Å². The van der Waals surface area contributed by atoms with E-state index in [1.165, 1.54) is 0 Å². The number of nitrogens with two attached hydrogens (primary N) is 2. The molecule has 0 unspecified atom stereocenters. The van der Waals surface area contributed by atoms with Crippen LogP contribution in [0.15, 0.2) is 6.07 Å². The topological polar surface area (TPSA) is 106 Å². The number of nitrogens with zero attached hydrogens (tertiary/aromatic N) is 3. The molecule has 2 aliphatic rings. The number of anilines is 2. The Labute approximate surface area is 62.0 Å². The van der Waals surface area contributed by atoms with Crippen molar-refractivity contribution in [2.45, 2.75) is 0 Å². The van der Waals surface area contributed by atoms with Crippen LogP contribution in [0.4, 0.5) is 11.6 Å². The van der Waals surface area contributed by atoms with Crippen LogP contribution in [0.1, 0.15) is 0 Å². The normalized spacial score (nSPS) is 10.5. The van der Waals surface area contributed by atoms with Crippen LogP contribution in [-0.4, -0.2) is 20.4 Å². The minimum atomic E-state index is 0.287. The second-order valence-electron chi connectivity index (χ2n) is 2.14. The van der Waals surface area contributed by atoms with Crippen LogP contribution >= 0.6 is 0 Å². The lowest BCUT2D eigenvalue weighted by Crippen LogP contribution is -1.99. The zero-order chi connectivity index (χ0) is 7.84. The number of rotatable bonds is 0. The molecule has 6 heteroatoms. The van der Waals surface area contributed by atoms with Crippen molar-refractivity contribution in [1.29, 1.82) is 0 Å². The summed E-state index contributed by atoms with van der Waals surface area (Å²) in [4.78, 5) is 3.93. The second-order valence-corrected chi connectivity index (χ2v) is 2.14.